The van der Waals surface area contributed by atoms with Crippen molar-refractivity contribution >= 4 is 10.8 Å². The van der Waals surface area contributed by atoms with Crippen molar-refractivity contribution in [3.05, 3.63) is 42.5 Å². The van der Waals surface area contributed by atoms with Gasteiger partial charge in [-0.05, 0) is 30.8 Å². The smallest absolute Gasteiger partial charge is 0.127 e. The molecule has 0 unspecified atom stereocenters. The topological polar surface area (TPSA) is 21.3 Å². The number of hydrogen-bond acceptors (Lipinski definition) is 2. The summed E-state index contributed by atoms with van der Waals surface area (Å²) in [6.07, 6.45) is 2.67. The van der Waals surface area contributed by atoms with E-state index in [9.17, 15) is 0 Å². The molecular weight excluding hydrogens is 210 g/mol. The average molecular weight is 227 g/mol. The van der Waals surface area contributed by atoms with Crippen molar-refractivity contribution in [2.45, 2.75) is 18.9 Å². The number of hydrogen-bond donors (Lipinski definition) is 1. The zero-order chi connectivity index (χ0) is 11.5. The summed E-state index contributed by atoms with van der Waals surface area (Å²) in [4.78, 5) is 0. The van der Waals surface area contributed by atoms with Crippen molar-refractivity contribution in [2.75, 3.05) is 13.1 Å². The number of ether oxygens (including phenoxy) is 1. The number of piperidine rings is 1. The Bertz CT molecular complexity index is 498. The van der Waals surface area contributed by atoms with Gasteiger partial charge >= 0.3 is 0 Å². The summed E-state index contributed by atoms with van der Waals surface area (Å²) in [5.41, 5.74) is 0. The van der Waals surface area contributed by atoms with Gasteiger partial charge in [-0.1, -0.05) is 36.4 Å². The number of benzene rings is 2. The van der Waals surface area contributed by atoms with E-state index in [0.717, 1.165) is 25.3 Å². The Morgan fingerprint density at radius 2 is 1.94 bits per heavy atom. The number of nitrogens with one attached hydrogen (secondary N) is 1. The highest BCUT2D eigenvalue weighted by Gasteiger charge is 2.15. The van der Waals surface area contributed by atoms with Gasteiger partial charge in [0.25, 0.3) is 0 Å². The molecule has 0 aliphatic carbocycles. The van der Waals surface area contributed by atoms with Gasteiger partial charge in [0.1, 0.15) is 11.9 Å². The Labute approximate surface area is 102 Å². The summed E-state index contributed by atoms with van der Waals surface area (Å²) >= 11 is 0. The molecular formula is C15H17NO. The van der Waals surface area contributed by atoms with Crippen LogP contribution in [0.25, 0.3) is 10.8 Å². The molecule has 0 amide bonds. The maximum Gasteiger partial charge on any atom is 0.127 e. The molecule has 0 radical (unpaired) electrons. The molecule has 2 aromatic carbocycles. The van der Waals surface area contributed by atoms with Gasteiger partial charge in [-0.3, -0.25) is 0 Å². The summed E-state index contributed by atoms with van der Waals surface area (Å²) in [5.74, 6) is 1.01. The monoisotopic (exact) mass is 227 g/mol. The summed E-state index contributed by atoms with van der Waals surface area (Å²) < 4.78 is 6.11. The van der Waals surface area contributed by atoms with Crippen molar-refractivity contribution in [2.24, 2.45) is 0 Å². The third-order valence-electron chi connectivity index (χ3n) is 3.29. The first-order valence-electron chi connectivity index (χ1n) is 6.28. The van der Waals surface area contributed by atoms with Crippen molar-refractivity contribution in [3.8, 4) is 5.75 Å². The Hall–Kier alpha value is -1.54. The van der Waals surface area contributed by atoms with Gasteiger partial charge in [0.05, 0.1) is 0 Å². The zero-order valence-electron chi connectivity index (χ0n) is 9.86. The van der Waals surface area contributed by atoms with E-state index in [0.29, 0.717) is 6.10 Å². The SMILES string of the molecule is c1ccc2c(O[C@H]3CCCNC3)cccc2c1. The quantitative estimate of drug-likeness (QED) is 0.851. The molecule has 1 heterocycles. The second kappa shape index (κ2) is 4.76. The third kappa shape index (κ3) is 2.27. The lowest BCUT2D eigenvalue weighted by atomic mass is 10.1. The molecule has 0 bridgehead atoms. The summed E-state index contributed by atoms with van der Waals surface area (Å²) in [6.45, 7) is 2.08. The second-order valence-electron chi connectivity index (χ2n) is 4.56. The lowest BCUT2D eigenvalue weighted by Gasteiger charge is -2.24. The highest BCUT2D eigenvalue weighted by Crippen LogP contribution is 2.26. The number of fused-ring (bicyclic) bond motifs is 1. The van der Waals surface area contributed by atoms with Gasteiger partial charge in [0.2, 0.25) is 0 Å². The summed E-state index contributed by atoms with van der Waals surface area (Å²) in [5, 5.41) is 5.83. The van der Waals surface area contributed by atoms with Crippen molar-refractivity contribution < 1.29 is 4.74 Å². The van der Waals surface area contributed by atoms with Gasteiger partial charge in [-0.15, -0.1) is 0 Å². The van der Waals surface area contributed by atoms with E-state index in [1.165, 1.54) is 17.2 Å². The fourth-order valence-corrected chi connectivity index (χ4v) is 2.40. The van der Waals surface area contributed by atoms with Crippen LogP contribution in [-0.4, -0.2) is 19.2 Å². The average Bonchev–Trinajstić information content (AvgIpc) is 2.40. The molecule has 2 aromatic rings. The molecule has 0 saturated carbocycles. The van der Waals surface area contributed by atoms with Crippen molar-refractivity contribution in [1.82, 2.24) is 5.32 Å². The van der Waals surface area contributed by atoms with E-state index in [-0.39, 0.29) is 0 Å². The molecule has 1 N–H and O–H groups in total. The molecule has 1 fully saturated rings. The van der Waals surface area contributed by atoms with Crippen molar-refractivity contribution in [3.63, 3.8) is 0 Å². The summed E-state index contributed by atoms with van der Waals surface area (Å²) in [6, 6.07) is 14.6. The molecule has 88 valence electrons. The van der Waals surface area contributed by atoms with E-state index in [1.807, 2.05) is 0 Å². The highest BCUT2D eigenvalue weighted by molar-refractivity contribution is 5.88. The molecule has 2 nitrogen and oxygen atoms in total. The first kappa shape index (κ1) is 10.6. The Kier molecular flexibility index (Phi) is 2.97. The molecule has 1 atom stereocenters. The minimum Gasteiger partial charge on any atom is -0.488 e. The normalized spacial score (nSPS) is 20.4. The van der Waals surface area contributed by atoms with Crippen LogP contribution in [0.4, 0.5) is 0 Å². The van der Waals surface area contributed by atoms with E-state index in [2.05, 4.69) is 47.8 Å². The van der Waals surface area contributed by atoms with Crippen LogP contribution in [0.1, 0.15) is 12.8 Å². The van der Waals surface area contributed by atoms with Crippen LogP contribution in [0.2, 0.25) is 0 Å². The maximum absolute atomic E-state index is 6.11. The lowest BCUT2D eigenvalue weighted by Crippen LogP contribution is -2.37. The second-order valence-corrected chi connectivity index (χ2v) is 4.56. The van der Waals surface area contributed by atoms with Crippen LogP contribution in [0.5, 0.6) is 5.75 Å². The van der Waals surface area contributed by atoms with Crippen LogP contribution in [0.3, 0.4) is 0 Å². The molecule has 0 aromatic heterocycles. The Morgan fingerprint density at radius 3 is 2.82 bits per heavy atom. The Morgan fingerprint density at radius 1 is 1.06 bits per heavy atom. The van der Waals surface area contributed by atoms with Crippen LogP contribution in [-0.2, 0) is 0 Å². The standard InChI is InChI=1S/C15H17NO/c1-2-8-14-12(5-1)6-3-9-15(14)17-13-7-4-10-16-11-13/h1-3,5-6,8-9,13,16H,4,7,10-11H2/t13-/m0/s1. The van der Waals surface area contributed by atoms with Crippen LogP contribution < -0.4 is 10.1 Å². The third-order valence-corrected chi connectivity index (χ3v) is 3.29. The molecule has 1 aliphatic rings. The van der Waals surface area contributed by atoms with Crippen LogP contribution in [0, 0.1) is 0 Å². The largest absolute Gasteiger partial charge is 0.488 e. The van der Waals surface area contributed by atoms with Crippen molar-refractivity contribution in [1.29, 1.82) is 0 Å². The fraction of sp³-hybridized carbons (Fsp3) is 0.333. The van der Waals surface area contributed by atoms with E-state index in [1.54, 1.807) is 0 Å². The lowest BCUT2D eigenvalue weighted by molar-refractivity contribution is 0.169. The Balaban J connectivity index is 1.89. The minimum absolute atomic E-state index is 0.314. The molecule has 1 saturated heterocycles. The van der Waals surface area contributed by atoms with Crippen LogP contribution >= 0.6 is 0 Å². The fourth-order valence-electron chi connectivity index (χ4n) is 2.40. The summed E-state index contributed by atoms with van der Waals surface area (Å²) in [7, 11) is 0. The number of rotatable bonds is 2. The predicted octanol–water partition coefficient (Wildman–Crippen LogP) is 2.97. The highest BCUT2D eigenvalue weighted by atomic mass is 16.5. The molecule has 3 rings (SSSR count). The first-order valence-corrected chi connectivity index (χ1v) is 6.28. The van der Waals surface area contributed by atoms with Gasteiger partial charge in [0.15, 0.2) is 0 Å². The van der Waals surface area contributed by atoms with Gasteiger partial charge in [-0.25, -0.2) is 0 Å². The van der Waals surface area contributed by atoms with E-state index < -0.39 is 0 Å². The first-order chi connectivity index (χ1) is 8.43. The van der Waals surface area contributed by atoms with Gasteiger partial charge in [-0.2, -0.15) is 0 Å². The minimum atomic E-state index is 0.314. The van der Waals surface area contributed by atoms with E-state index >= 15 is 0 Å². The molecule has 2 heteroatoms. The predicted molar refractivity (Wildman–Crippen MR) is 70.5 cm³/mol. The van der Waals surface area contributed by atoms with Gasteiger partial charge < -0.3 is 10.1 Å². The van der Waals surface area contributed by atoms with Crippen LogP contribution in [0.15, 0.2) is 42.5 Å². The maximum atomic E-state index is 6.11. The zero-order valence-corrected chi connectivity index (χ0v) is 9.86. The molecule has 0 spiro atoms. The van der Waals surface area contributed by atoms with Gasteiger partial charge in [0, 0.05) is 11.9 Å². The molecule has 1 aliphatic heterocycles. The molecule has 17 heavy (non-hydrogen) atoms. The van der Waals surface area contributed by atoms with E-state index in [4.69, 9.17) is 4.74 Å².